The molecule has 0 atom stereocenters. The van der Waals surface area contributed by atoms with Crippen molar-refractivity contribution in [3.05, 3.63) is 67.1 Å². The highest BCUT2D eigenvalue weighted by molar-refractivity contribution is 6.01. The van der Waals surface area contributed by atoms with Crippen LogP contribution in [0.25, 0.3) is 22.2 Å². The number of nitrogens with zero attached hydrogens (tertiary/aromatic N) is 5. The molecule has 1 aliphatic rings. The molecule has 1 saturated heterocycles. The predicted octanol–water partition coefficient (Wildman–Crippen LogP) is 4.05. The Morgan fingerprint density at radius 2 is 1.74 bits per heavy atom. The van der Waals surface area contributed by atoms with Crippen LogP contribution in [0.15, 0.2) is 67.1 Å². The first-order valence-corrected chi connectivity index (χ1v) is 11.6. The first-order chi connectivity index (χ1) is 16.6. The SMILES string of the molecule is CC(=O)N(CCN1CCCC1)n1cc(-c2ccc(Oc3ccccc3)cc2)c2c(N)ncnc21. The number of likely N-dealkylation sites (tertiary alicyclic amines) is 1. The average Bonchev–Trinajstić information content (AvgIpc) is 3.50. The number of ether oxygens (including phenoxy) is 1. The van der Waals surface area contributed by atoms with E-state index in [1.54, 1.807) is 11.9 Å². The summed E-state index contributed by atoms with van der Waals surface area (Å²) in [5, 5.41) is 2.45. The van der Waals surface area contributed by atoms with Gasteiger partial charge in [-0.1, -0.05) is 30.3 Å². The molecule has 0 bridgehead atoms. The van der Waals surface area contributed by atoms with E-state index in [2.05, 4.69) is 14.9 Å². The van der Waals surface area contributed by atoms with Crippen molar-refractivity contribution < 1.29 is 9.53 Å². The molecule has 2 aromatic heterocycles. The summed E-state index contributed by atoms with van der Waals surface area (Å²) in [6, 6.07) is 17.4. The maximum absolute atomic E-state index is 12.6. The number of nitrogens with two attached hydrogens (primary N) is 1. The minimum absolute atomic E-state index is 0.0496. The van der Waals surface area contributed by atoms with Gasteiger partial charge in [-0.25, -0.2) is 19.7 Å². The number of aromatic nitrogens is 3. The highest BCUT2D eigenvalue weighted by Crippen LogP contribution is 2.34. The number of fused-ring (bicyclic) bond motifs is 1. The molecule has 34 heavy (non-hydrogen) atoms. The van der Waals surface area contributed by atoms with Gasteiger partial charge in [0.15, 0.2) is 5.65 Å². The van der Waals surface area contributed by atoms with Gasteiger partial charge in [-0.2, -0.15) is 0 Å². The Morgan fingerprint density at radius 1 is 1.03 bits per heavy atom. The molecule has 174 valence electrons. The minimum Gasteiger partial charge on any atom is -0.457 e. The molecule has 3 heterocycles. The lowest BCUT2D eigenvalue weighted by Crippen LogP contribution is -2.43. The number of para-hydroxylation sites is 1. The van der Waals surface area contributed by atoms with Crippen LogP contribution in [-0.4, -0.2) is 51.6 Å². The van der Waals surface area contributed by atoms with Gasteiger partial charge in [0.05, 0.1) is 11.9 Å². The van der Waals surface area contributed by atoms with E-state index in [0.717, 1.165) is 47.6 Å². The van der Waals surface area contributed by atoms with Crippen LogP contribution >= 0.6 is 0 Å². The lowest BCUT2D eigenvalue weighted by Gasteiger charge is -2.25. The monoisotopic (exact) mass is 456 g/mol. The molecule has 1 fully saturated rings. The number of hydrogen-bond acceptors (Lipinski definition) is 6. The second-order valence-corrected chi connectivity index (χ2v) is 8.48. The third-order valence-electron chi connectivity index (χ3n) is 6.19. The number of rotatable bonds is 7. The van der Waals surface area contributed by atoms with Crippen LogP contribution in [0.3, 0.4) is 0 Å². The number of anilines is 1. The fraction of sp³-hybridized carbons (Fsp3) is 0.269. The van der Waals surface area contributed by atoms with Crippen LogP contribution < -0.4 is 15.5 Å². The van der Waals surface area contributed by atoms with E-state index in [1.165, 1.54) is 19.2 Å². The van der Waals surface area contributed by atoms with E-state index < -0.39 is 0 Å². The molecule has 2 N–H and O–H groups in total. The van der Waals surface area contributed by atoms with Crippen LogP contribution in [0.5, 0.6) is 11.5 Å². The summed E-state index contributed by atoms with van der Waals surface area (Å²) in [6.45, 7) is 5.13. The summed E-state index contributed by atoms with van der Waals surface area (Å²) in [5.41, 5.74) is 8.71. The summed E-state index contributed by atoms with van der Waals surface area (Å²) >= 11 is 0. The number of benzene rings is 2. The largest absolute Gasteiger partial charge is 0.457 e. The lowest BCUT2D eigenvalue weighted by atomic mass is 10.1. The molecule has 0 aliphatic carbocycles. The smallest absolute Gasteiger partial charge is 0.238 e. The van der Waals surface area contributed by atoms with Gasteiger partial charge < -0.3 is 15.4 Å². The van der Waals surface area contributed by atoms with Gasteiger partial charge in [-0.15, -0.1) is 0 Å². The molecule has 5 rings (SSSR count). The van der Waals surface area contributed by atoms with Gasteiger partial charge in [0.25, 0.3) is 0 Å². The second-order valence-electron chi connectivity index (χ2n) is 8.48. The minimum atomic E-state index is -0.0496. The van der Waals surface area contributed by atoms with E-state index in [9.17, 15) is 4.79 Å². The summed E-state index contributed by atoms with van der Waals surface area (Å²) < 4.78 is 7.74. The molecular weight excluding hydrogens is 428 g/mol. The quantitative estimate of drug-likeness (QED) is 0.451. The molecule has 8 heteroatoms. The van der Waals surface area contributed by atoms with Gasteiger partial charge in [0.2, 0.25) is 5.91 Å². The van der Waals surface area contributed by atoms with Crippen molar-refractivity contribution in [1.82, 2.24) is 19.5 Å². The van der Waals surface area contributed by atoms with Gasteiger partial charge >= 0.3 is 0 Å². The maximum Gasteiger partial charge on any atom is 0.238 e. The van der Waals surface area contributed by atoms with Crippen molar-refractivity contribution >= 4 is 22.8 Å². The normalized spacial score (nSPS) is 13.9. The summed E-state index contributed by atoms with van der Waals surface area (Å²) in [7, 11) is 0. The van der Waals surface area contributed by atoms with Crippen molar-refractivity contribution in [3.8, 4) is 22.6 Å². The van der Waals surface area contributed by atoms with Crippen LogP contribution in [0.2, 0.25) is 0 Å². The van der Waals surface area contributed by atoms with Crippen molar-refractivity contribution in [2.75, 3.05) is 36.9 Å². The number of nitrogen functional groups attached to an aromatic ring is 1. The Labute approximate surface area is 198 Å². The molecule has 0 spiro atoms. The average molecular weight is 457 g/mol. The van der Waals surface area contributed by atoms with Gasteiger partial charge in [-0.05, 0) is 55.8 Å². The molecule has 0 saturated carbocycles. The Morgan fingerprint density at radius 3 is 2.44 bits per heavy atom. The second kappa shape index (κ2) is 9.52. The van der Waals surface area contributed by atoms with Crippen molar-refractivity contribution in [2.24, 2.45) is 0 Å². The zero-order valence-electron chi connectivity index (χ0n) is 19.2. The molecular formula is C26H28N6O2. The third kappa shape index (κ3) is 4.45. The number of amides is 1. The third-order valence-corrected chi connectivity index (χ3v) is 6.19. The van der Waals surface area contributed by atoms with E-state index in [4.69, 9.17) is 10.5 Å². The van der Waals surface area contributed by atoms with E-state index in [-0.39, 0.29) is 5.91 Å². The van der Waals surface area contributed by atoms with Crippen molar-refractivity contribution in [1.29, 1.82) is 0 Å². The van der Waals surface area contributed by atoms with Crippen LogP contribution in [0, 0.1) is 0 Å². The number of carbonyl (C=O) groups excluding carboxylic acids is 1. The molecule has 1 amide bonds. The zero-order chi connectivity index (χ0) is 23.5. The standard InChI is InChI=1S/C26H28N6O2/c1-19(33)31(16-15-30-13-5-6-14-30)32-17-23(24-25(27)28-18-29-26(24)32)20-9-11-22(12-10-20)34-21-7-3-2-4-8-21/h2-4,7-12,17-18H,5-6,13-16H2,1H3,(H2,27,28,29). The van der Waals surface area contributed by atoms with Gasteiger partial charge in [-0.3, -0.25) is 4.79 Å². The summed E-state index contributed by atoms with van der Waals surface area (Å²) in [6.07, 6.45) is 5.79. The molecule has 0 unspecified atom stereocenters. The Hall–Kier alpha value is -3.91. The van der Waals surface area contributed by atoms with Crippen LogP contribution in [0.1, 0.15) is 19.8 Å². The van der Waals surface area contributed by atoms with Crippen LogP contribution in [0.4, 0.5) is 5.82 Å². The topological polar surface area (TPSA) is 89.5 Å². The lowest BCUT2D eigenvalue weighted by molar-refractivity contribution is -0.118. The summed E-state index contributed by atoms with van der Waals surface area (Å²) in [4.78, 5) is 23.7. The zero-order valence-corrected chi connectivity index (χ0v) is 19.2. The van der Waals surface area contributed by atoms with Gasteiger partial charge in [0, 0.05) is 25.2 Å². The Balaban J connectivity index is 1.48. The molecule has 8 nitrogen and oxygen atoms in total. The van der Waals surface area contributed by atoms with Gasteiger partial charge in [0.1, 0.15) is 23.6 Å². The molecule has 4 aromatic rings. The fourth-order valence-corrected chi connectivity index (χ4v) is 4.46. The molecule has 2 aromatic carbocycles. The van der Waals surface area contributed by atoms with E-state index in [0.29, 0.717) is 18.0 Å². The Kier molecular flexibility index (Phi) is 6.14. The van der Waals surface area contributed by atoms with Crippen molar-refractivity contribution in [2.45, 2.75) is 19.8 Å². The summed E-state index contributed by atoms with van der Waals surface area (Å²) in [5.74, 6) is 1.84. The highest BCUT2D eigenvalue weighted by atomic mass is 16.5. The maximum atomic E-state index is 12.6. The first kappa shape index (κ1) is 21.9. The highest BCUT2D eigenvalue weighted by Gasteiger charge is 2.22. The number of hydrogen-bond donors (Lipinski definition) is 1. The fourth-order valence-electron chi connectivity index (χ4n) is 4.46. The Bertz CT molecular complexity index is 1280. The molecule has 0 radical (unpaired) electrons. The van der Waals surface area contributed by atoms with Crippen LogP contribution in [-0.2, 0) is 4.79 Å². The van der Waals surface area contributed by atoms with E-state index >= 15 is 0 Å². The van der Waals surface area contributed by atoms with Crippen molar-refractivity contribution in [3.63, 3.8) is 0 Å². The number of carbonyl (C=O) groups is 1. The predicted molar refractivity (Wildman–Crippen MR) is 133 cm³/mol. The first-order valence-electron chi connectivity index (χ1n) is 11.6. The van der Waals surface area contributed by atoms with E-state index in [1.807, 2.05) is 65.5 Å². The molecule has 1 aliphatic heterocycles.